The molecule has 0 aromatic heterocycles. The van der Waals surface area contributed by atoms with Crippen LogP contribution in [0.2, 0.25) is 0 Å². The second kappa shape index (κ2) is 2.54. The summed E-state index contributed by atoms with van der Waals surface area (Å²) in [6.45, 7) is 5.15. The summed E-state index contributed by atoms with van der Waals surface area (Å²) in [6, 6.07) is 0.983. The van der Waals surface area contributed by atoms with Crippen LogP contribution in [0.25, 0.3) is 0 Å². The Kier molecular flexibility index (Phi) is 1.69. The molecule has 2 aliphatic heterocycles. The van der Waals surface area contributed by atoms with Crippen molar-refractivity contribution in [2.24, 2.45) is 5.92 Å². The third-order valence-electron chi connectivity index (χ3n) is 3.04. The maximum atomic E-state index is 2.69. The molecule has 10 heavy (non-hydrogen) atoms. The lowest BCUT2D eigenvalue weighted by atomic mass is 9.95. The van der Waals surface area contributed by atoms with E-state index in [1.54, 1.807) is 0 Å². The van der Waals surface area contributed by atoms with Crippen molar-refractivity contribution in [1.82, 2.24) is 4.90 Å². The molecule has 2 saturated heterocycles. The van der Waals surface area contributed by atoms with Crippen LogP contribution in [0.4, 0.5) is 0 Å². The van der Waals surface area contributed by atoms with Gasteiger partial charge in [-0.2, -0.15) is 0 Å². The smallest absolute Gasteiger partial charge is 0.00959 e. The molecule has 0 spiro atoms. The van der Waals surface area contributed by atoms with E-state index in [1.807, 2.05) is 0 Å². The van der Waals surface area contributed by atoms with Crippen LogP contribution in [0, 0.1) is 5.92 Å². The summed E-state index contributed by atoms with van der Waals surface area (Å²) >= 11 is 0. The molecule has 0 bridgehead atoms. The van der Waals surface area contributed by atoms with Crippen LogP contribution in [0.1, 0.15) is 32.6 Å². The summed E-state index contributed by atoms with van der Waals surface area (Å²) < 4.78 is 0. The van der Waals surface area contributed by atoms with Crippen LogP contribution in [-0.4, -0.2) is 24.0 Å². The normalized spacial score (nSPS) is 41.7. The van der Waals surface area contributed by atoms with Crippen molar-refractivity contribution in [3.05, 3.63) is 0 Å². The van der Waals surface area contributed by atoms with Crippen molar-refractivity contribution < 1.29 is 0 Å². The molecule has 2 rings (SSSR count). The first-order chi connectivity index (χ1) is 4.86. The molecule has 0 radical (unpaired) electrons. The van der Waals surface area contributed by atoms with E-state index < -0.39 is 0 Å². The Bertz CT molecular complexity index is 122. The second-order valence-electron chi connectivity index (χ2n) is 3.97. The number of rotatable bonds is 0. The molecule has 2 atom stereocenters. The van der Waals surface area contributed by atoms with Crippen molar-refractivity contribution in [3.8, 4) is 0 Å². The summed E-state index contributed by atoms with van der Waals surface area (Å²) in [4.78, 5) is 2.69. The maximum absolute atomic E-state index is 2.69. The Labute approximate surface area is 63.4 Å². The molecule has 58 valence electrons. The van der Waals surface area contributed by atoms with Gasteiger partial charge in [0.15, 0.2) is 0 Å². The van der Waals surface area contributed by atoms with Gasteiger partial charge in [0.05, 0.1) is 0 Å². The van der Waals surface area contributed by atoms with Gasteiger partial charge in [-0.1, -0.05) is 6.92 Å². The van der Waals surface area contributed by atoms with E-state index in [2.05, 4.69) is 11.8 Å². The van der Waals surface area contributed by atoms with Gasteiger partial charge in [0.1, 0.15) is 0 Å². The number of nitrogens with zero attached hydrogens (tertiary/aromatic N) is 1. The first-order valence-electron chi connectivity index (χ1n) is 4.60. The van der Waals surface area contributed by atoms with E-state index in [-0.39, 0.29) is 0 Å². The lowest BCUT2D eigenvalue weighted by molar-refractivity contribution is 0.156. The van der Waals surface area contributed by atoms with Crippen molar-refractivity contribution in [3.63, 3.8) is 0 Å². The van der Waals surface area contributed by atoms with Crippen molar-refractivity contribution in [1.29, 1.82) is 0 Å². The summed E-state index contributed by atoms with van der Waals surface area (Å²) in [7, 11) is 0. The lowest BCUT2D eigenvalue weighted by Gasteiger charge is -2.33. The number of fused-ring (bicyclic) bond motifs is 1. The average molecular weight is 139 g/mol. The highest BCUT2D eigenvalue weighted by molar-refractivity contribution is 4.84. The van der Waals surface area contributed by atoms with Crippen molar-refractivity contribution >= 4 is 0 Å². The summed E-state index contributed by atoms with van der Waals surface area (Å²) in [5, 5.41) is 0. The topological polar surface area (TPSA) is 3.24 Å². The first kappa shape index (κ1) is 6.66. The number of piperidine rings is 1. The fraction of sp³-hybridized carbons (Fsp3) is 1.00. The Morgan fingerprint density at radius 3 is 3.00 bits per heavy atom. The van der Waals surface area contributed by atoms with E-state index in [0.29, 0.717) is 0 Å². The monoisotopic (exact) mass is 139 g/mol. The van der Waals surface area contributed by atoms with E-state index >= 15 is 0 Å². The average Bonchev–Trinajstić information content (AvgIpc) is 2.33. The summed E-state index contributed by atoms with van der Waals surface area (Å²) in [5.74, 6) is 0.967. The third-order valence-corrected chi connectivity index (χ3v) is 3.04. The number of hydrogen-bond acceptors (Lipinski definition) is 1. The molecule has 2 aliphatic rings. The predicted molar refractivity (Wildman–Crippen MR) is 43.0 cm³/mol. The zero-order valence-electron chi connectivity index (χ0n) is 6.84. The fourth-order valence-electron chi connectivity index (χ4n) is 2.43. The second-order valence-corrected chi connectivity index (χ2v) is 3.97. The van der Waals surface area contributed by atoms with E-state index in [9.17, 15) is 0 Å². The molecule has 0 aromatic carbocycles. The third kappa shape index (κ3) is 1.07. The fourth-order valence-corrected chi connectivity index (χ4v) is 2.43. The van der Waals surface area contributed by atoms with Gasteiger partial charge < -0.3 is 4.90 Å². The van der Waals surface area contributed by atoms with Crippen LogP contribution < -0.4 is 0 Å². The molecule has 0 amide bonds. The molecule has 2 heterocycles. The van der Waals surface area contributed by atoms with Crippen LogP contribution in [-0.2, 0) is 0 Å². The zero-order valence-corrected chi connectivity index (χ0v) is 6.84. The molecule has 2 fully saturated rings. The van der Waals surface area contributed by atoms with Gasteiger partial charge in [-0.15, -0.1) is 0 Å². The highest BCUT2D eigenvalue weighted by Crippen LogP contribution is 2.28. The Morgan fingerprint density at radius 2 is 2.10 bits per heavy atom. The van der Waals surface area contributed by atoms with Gasteiger partial charge >= 0.3 is 0 Å². The molecule has 0 aliphatic carbocycles. The van der Waals surface area contributed by atoms with E-state index in [0.717, 1.165) is 12.0 Å². The SMILES string of the molecule is C[C@H]1CC[C@@H]2CCCN2C1. The van der Waals surface area contributed by atoms with Crippen molar-refractivity contribution in [2.45, 2.75) is 38.6 Å². The predicted octanol–water partition coefficient (Wildman–Crippen LogP) is 1.88. The van der Waals surface area contributed by atoms with Crippen LogP contribution >= 0.6 is 0 Å². The Morgan fingerprint density at radius 1 is 1.20 bits per heavy atom. The molecule has 0 aromatic rings. The van der Waals surface area contributed by atoms with E-state index in [1.165, 1.54) is 38.8 Å². The van der Waals surface area contributed by atoms with Crippen LogP contribution in [0.15, 0.2) is 0 Å². The minimum Gasteiger partial charge on any atom is -0.300 e. The highest BCUT2D eigenvalue weighted by atomic mass is 15.2. The van der Waals surface area contributed by atoms with Crippen molar-refractivity contribution in [2.75, 3.05) is 13.1 Å². The minimum absolute atomic E-state index is 0.967. The van der Waals surface area contributed by atoms with Gasteiger partial charge in [0.2, 0.25) is 0 Å². The number of hydrogen-bond donors (Lipinski definition) is 0. The Balaban J connectivity index is 1.96. The van der Waals surface area contributed by atoms with Gasteiger partial charge in [0, 0.05) is 12.6 Å². The largest absolute Gasteiger partial charge is 0.300 e. The quantitative estimate of drug-likeness (QED) is 0.495. The van der Waals surface area contributed by atoms with Gasteiger partial charge in [-0.3, -0.25) is 0 Å². The molecule has 1 heteroatoms. The summed E-state index contributed by atoms with van der Waals surface area (Å²) in [5.41, 5.74) is 0. The van der Waals surface area contributed by atoms with E-state index in [4.69, 9.17) is 0 Å². The highest BCUT2D eigenvalue weighted by Gasteiger charge is 2.29. The standard InChI is InChI=1S/C9H17N/c1-8-4-5-9-3-2-6-10(9)7-8/h8-9H,2-7H2,1H3/t8-,9-/m0/s1. The summed E-state index contributed by atoms with van der Waals surface area (Å²) in [6.07, 6.45) is 5.88. The molecule has 0 saturated carbocycles. The van der Waals surface area contributed by atoms with Crippen LogP contribution in [0.5, 0.6) is 0 Å². The molecular weight excluding hydrogens is 122 g/mol. The minimum atomic E-state index is 0.967. The Hall–Kier alpha value is -0.0400. The molecule has 0 N–H and O–H groups in total. The zero-order chi connectivity index (χ0) is 6.97. The maximum Gasteiger partial charge on any atom is 0.00959 e. The molecule has 1 nitrogen and oxygen atoms in total. The molecule has 0 unspecified atom stereocenters. The van der Waals surface area contributed by atoms with Gasteiger partial charge in [-0.05, 0) is 38.1 Å². The first-order valence-corrected chi connectivity index (χ1v) is 4.60. The van der Waals surface area contributed by atoms with Gasteiger partial charge in [0.25, 0.3) is 0 Å². The van der Waals surface area contributed by atoms with Gasteiger partial charge in [-0.25, -0.2) is 0 Å². The molecular formula is C9H17N. The lowest BCUT2D eigenvalue weighted by Crippen LogP contribution is -2.37. The van der Waals surface area contributed by atoms with Crippen LogP contribution in [0.3, 0.4) is 0 Å².